The molecule has 3 rings (SSSR count). The summed E-state index contributed by atoms with van der Waals surface area (Å²) in [6.45, 7) is 3.30. The molecule has 0 aliphatic carbocycles. The number of rotatable bonds is 7. The highest BCUT2D eigenvalue weighted by Gasteiger charge is 2.27. The topological polar surface area (TPSA) is 94.5 Å². The van der Waals surface area contributed by atoms with Gasteiger partial charge in [0.25, 0.3) is 11.8 Å². The Bertz CT molecular complexity index is 823. The molecule has 2 N–H and O–H groups in total. The van der Waals surface area contributed by atoms with Crippen molar-refractivity contribution in [3.8, 4) is 5.75 Å². The van der Waals surface area contributed by atoms with Crippen molar-refractivity contribution in [1.29, 1.82) is 0 Å². The molecule has 8 heteroatoms. The lowest BCUT2D eigenvalue weighted by molar-refractivity contribution is 0.0921. The summed E-state index contributed by atoms with van der Waals surface area (Å²) in [4.78, 5) is 24.7. The standard InChI is InChI=1S/C19H24N4O4/c1-12-15(5-4-6-17(12)27-3)18(24)21-13-9-14-10-16(22-23(14)11-13)19(25)20-7-8-26-2/h4-6,10,13H,7-9,11H2,1-3H3,(H,20,25)(H,21,24). The predicted molar refractivity (Wildman–Crippen MR) is 99.1 cm³/mol. The van der Waals surface area contributed by atoms with Gasteiger partial charge in [-0.2, -0.15) is 5.10 Å². The molecule has 1 aliphatic rings. The Labute approximate surface area is 157 Å². The number of methoxy groups -OCH3 is 2. The third-order valence-electron chi connectivity index (χ3n) is 4.62. The molecule has 0 saturated carbocycles. The van der Waals surface area contributed by atoms with E-state index in [1.807, 2.05) is 13.0 Å². The van der Waals surface area contributed by atoms with Gasteiger partial charge in [-0.05, 0) is 25.1 Å². The van der Waals surface area contributed by atoms with Gasteiger partial charge in [-0.25, -0.2) is 0 Å². The lowest BCUT2D eigenvalue weighted by Gasteiger charge is -2.14. The lowest BCUT2D eigenvalue weighted by atomic mass is 10.1. The molecule has 0 fully saturated rings. The van der Waals surface area contributed by atoms with Gasteiger partial charge in [0.05, 0.1) is 26.3 Å². The Hall–Kier alpha value is -2.87. The van der Waals surface area contributed by atoms with Crippen molar-refractivity contribution in [3.05, 3.63) is 46.8 Å². The molecule has 1 atom stereocenters. The van der Waals surface area contributed by atoms with E-state index < -0.39 is 0 Å². The van der Waals surface area contributed by atoms with E-state index in [1.54, 1.807) is 37.1 Å². The van der Waals surface area contributed by atoms with Crippen molar-refractivity contribution in [2.24, 2.45) is 0 Å². The number of benzene rings is 1. The Balaban J connectivity index is 1.60. The van der Waals surface area contributed by atoms with E-state index in [-0.39, 0.29) is 17.9 Å². The molecule has 1 unspecified atom stereocenters. The van der Waals surface area contributed by atoms with E-state index in [0.717, 1.165) is 11.3 Å². The summed E-state index contributed by atoms with van der Waals surface area (Å²) in [5, 5.41) is 10.1. The first-order valence-electron chi connectivity index (χ1n) is 8.81. The zero-order valence-electron chi connectivity index (χ0n) is 15.7. The maximum absolute atomic E-state index is 12.6. The van der Waals surface area contributed by atoms with Crippen LogP contribution < -0.4 is 15.4 Å². The maximum atomic E-state index is 12.6. The van der Waals surface area contributed by atoms with E-state index in [2.05, 4.69) is 15.7 Å². The summed E-state index contributed by atoms with van der Waals surface area (Å²) < 4.78 is 12.0. The van der Waals surface area contributed by atoms with Crippen LogP contribution in [0.4, 0.5) is 0 Å². The van der Waals surface area contributed by atoms with Crippen LogP contribution in [0.5, 0.6) is 5.75 Å². The molecule has 0 bridgehead atoms. The van der Waals surface area contributed by atoms with Crippen LogP contribution in [0.15, 0.2) is 24.3 Å². The Morgan fingerprint density at radius 1 is 1.30 bits per heavy atom. The SMILES string of the molecule is COCCNC(=O)c1cc2n(n1)CC(NC(=O)c1cccc(OC)c1C)C2. The number of nitrogens with one attached hydrogen (secondary N) is 2. The van der Waals surface area contributed by atoms with Crippen LogP contribution in [0, 0.1) is 6.92 Å². The summed E-state index contributed by atoms with van der Waals surface area (Å²) in [5.41, 5.74) is 2.72. The van der Waals surface area contributed by atoms with Gasteiger partial charge in [-0.15, -0.1) is 0 Å². The molecule has 0 radical (unpaired) electrons. The summed E-state index contributed by atoms with van der Waals surface area (Å²) in [5.74, 6) is 0.326. The van der Waals surface area contributed by atoms with Crippen LogP contribution in [0.3, 0.4) is 0 Å². The Kier molecular flexibility index (Phi) is 5.75. The minimum Gasteiger partial charge on any atom is -0.496 e. The molecular weight excluding hydrogens is 348 g/mol. The van der Waals surface area contributed by atoms with Crippen LogP contribution in [-0.4, -0.2) is 55.0 Å². The molecule has 1 aromatic heterocycles. The molecule has 1 aliphatic heterocycles. The first-order valence-corrected chi connectivity index (χ1v) is 8.81. The van der Waals surface area contributed by atoms with E-state index in [0.29, 0.717) is 43.1 Å². The highest BCUT2D eigenvalue weighted by molar-refractivity contribution is 5.96. The van der Waals surface area contributed by atoms with Gasteiger partial charge in [0.2, 0.25) is 0 Å². The minimum atomic E-state index is -0.221. The third-order valence-corrected chi connectivity index (χ3v) is 4.62. The normalized spacial score (nSPS) is 15.3. The number of ether oxygens (including phenoxy) is 2. The average Bonchev–Trinajstić information content (AvgIpc) is 3.20. The van der Waals surface area contributed by atoms with Gasteiger partial charge in [0, 0.05) is 36.9 Å². The van der Waals surface area contributed by atoms with Crippen LogP contribution >= 0.6 is 0 Å². The molecule has 0 saturated heterocycles. The first kappa shape index (κ1) is 18.9. The average molecular weight is 372 g/mol. The zero-order chi connectivity index (χ0) is 19.4. The van der Waals surface area contributed by atoms with Crippen LogP contribution in [0.25, 0.3) is 0 Å². The highest BCUT2D eigenvalue weighted by atomic mass is 16.5. The number of carbonyl (C=O) groups is 2. The van der Waals surface area contributed by atoms with Crippen molar-refractivity contribution < 1.29 is 19.1 Å². The van der Waals surface area contributed by atoms with Crippen LogP contribution in [0.1, 0.15) is 32.1 Å². The van der Waals surface area contributed by atoms with E-state index in [9.17, 15) is 9.59 Å². The van der Waals surface area contributed by atoms with E-state index >= 15 is 0 Å². The second-order valence-corrected chi connectivity index (χ2v) is 6.46. The predicted octanol–water partition coefficient (Wildman–Crippen LogP) is 0.931. The quantitative estimate of drug-likeness (QED) is 0.705. The number of hydrogen-bond acceptors (Lipinski definition) is 5. The third kappa shape index (κ3) is 4.11. The fraction of sp³-hybridized carbons (Fsp3) is 0.421. The lowest BCUT2D eigenvalue weighted by Crippen LogP contribution is -2.36. The summed E-state index contributed by atoms with van der Waals surface area (Å²) in [7, 11) is 3.17. The van der Waals surface area contributed by atoms with Gasteiger partial charge in [0.1, 0.15) is 11.4 Å². The number of nitrogens with zero attached hydrogens (tertiary/aromatic N) is 2. The largest absolute Gasteiger partial charge is 0.496 e. The monoisotopic (exact) mass is 372 g/mol. The van der Waals surface area contributed by atoms with Crippen molar-refractivity contribution in [1.82, 2.24) is 20.4 Å². The first-order chi connectivity index (χ1) is 13.0. The van der Waals surface area contributed by atoms with Crippen molar-refractivity contribution in [3.63, 3.8) is 0 Å². The van der Waals surface area contributed by atoms with Crippen molar-refractivity contribution in [2.45, 2.75) is 25.9 Å². The smallest absolute Gasteiger partial charge is 0.271 e. The molecule has 2 aromatic rings. The number of carbonyl (C=O) groups excluding carboxylic acids is 2. The zero-order valence-corrected chi connectivity index (χ0v) is 15.7. The number of amides is 2. The van der Waals surface area contributed by atoms with E-state index in [1.165, 1.54) is 0 Å². The molecule has 0 spiro atoms. The molecule has 2 amide bonds. The summed E-state index contributed by atoms with van der Waals surface area (Å²) in [6, 6.07) is 7.12. The van der Waals surface area contributed by atoms with Gasteiger partial charge < -0.3 is 20.1 Å². The van der Waals surface area contributed by atoms with Crippen LogP contribution in [0.2, 0.25) is 0 Å². The van der Waals surface area contributed by atoms with Gasteiger partial charge in [0.15, 0.2) is 0 Å². The fourth-order valence-electron chi connectivity index (χ4n) is 3.21. The van der Waals surface area contributed by atoms with Crippen LogP contribution in [-0.2, 0) is 17.7 Å². The maximum Gasteiger partial charge on any atom is 0.271 e. The van der Waals surface area contributed by atoms with Gasteiger partial charge in [-0.1, -0.05) is 6.07 Å². The fourth-order valence-corrected chi connectivity index (χ4v) is 3.21. The molecule has 27 heavy (non-hydrogen) atoms. The Morgan fingerprint density at radius 2 is 2.11 bits per heavy atom. The summed E-state index contributed by atoms with van der Waals surface area (Å²) >= 11 is 0. The van der Waals surface area contributed by atoms with Crippen molar-refractivity contribution in [2.75, 3.05) is 27.4 Å². The Morgan fingerprint density at radius 3 is 2.81 bits per heavy atom. The molecular formula is C19H24N4O4. The number of aromatic nitrogens is 2. The van der Waals surface area contributed by atoms with E-state index in [4.69, 9.17) is 9.47 Å². The number of fused-ring (bicyclic) bond motifs is 1. The molecule has 2 heterocycles. The van der Waals surface area contributed by atoms with Gasteiger partial charge in [-0.3, -0.25) is 14.3 Å². The molecule has 8 nitrogen and oxygen atoms in total. The minimum absolute atomic E-state index is 0.0591. The molecule has 144 valence electrons. The van der Waals surface area contributed by atoms with Crippen molar-refractivity contribution >= 4 is 11.8 Å². The second-order valence-electron chi connectivity index (χ2n) is 6.46. The number of hydrogen-bond donors (Lipinski definition) is 2. The summed E-state index contributed by atoms with van der Waals surface area (Å²) in [6.07, 6.45) is 0.632. The molecule has 1 aromatic carbocycles. The highest BCUT2D eigenvalue weighted by Crippen LogP contribution is 2.22. The van der Waals surface area contributed by atoms with Gasteiger partial charge >= 0.3 is 0 Å². The second kappa shape index (κ2) is 8.22.